The average Bonchev–Trinajstić information content (AvgIpc) is 2.92. The zero-order chi connectivity index (χ0) is 25.8. The second-order valence-electron chi connectivity index (χ2n) is 8.46. The zero-order valence-corrected chi connectivity index (χ0v) is 21.4. The monoisotopic (exact) mass is 492 g/mol. The topological polar surface area (TPSA) is 54.0 Å². The van der Waals surface area contributed by atoms with Crippen LogP contribution in [0.2, 0.25) is 0 Å². The largest absolute Gasteiger partial charge is 0.494 e. The number of carbonyl (C=O) groups excluding carboxylic acids is 1. The van der Waals surface area contributed by atoms with Gasteiger partial charge in [0.25, 0.3) is 0 Å². The summed E-state index contributed by atoms with van der Waals surface area (Å²) in [7, 11) is 0. The van der Waals surface area contributed by atoms with Crippen LogP contribution in [0, 0.1) is 0 Å². The van der Waals surface area contributed by atoms with E-state index in [2.05, 4.69) is 44.0 Å². The lowest BCUT2D eigenvalue weighted by Gasteiger charge is -2.09. The van der Waals surface area contributed by atoms with Gasteiger partial charge in [0.2, 0.25) is 0 Å². The van der Waals surface area contributed by atoms with Crippen molar-refractivity contribution in [3.05, 3.63) is 86.2 Å². The van der Waals surface area contributed by atoms with Crippen LogP contribution in [0.3, 0.4) is 0 Å². The fourth-order valence-corrected chi connectivity index (χ4v) is 3.48. The second-order valence-corrected chi connectivity index (χ2v) is 8.46. The van der Waals surface area contributed by atoms with Crippen LogP contribution in [0.5, 0.6) is 11.5 Å². The van der Waals surface area contributed by atoms with Crippen LogP contribution < -0.4 is 9.47 Å². The van der Waals surface area contributed by atoms with Crippen LogP contribution in [-0.2, 0) is 14.3 Å². The van der Waals surface area contributed by atoms with Gasteiger partial charge in [-0.05, 0) is 92.8 Å². The summed E-state index contributed by atoms with van der Waals surface area (Å²) in [5.74, 6) is 2.04. The Morgan fingerprint density at radius 3 is 1.42 bits per heavy atom. The number of carbonyl (C=O) groups is 1. The van der Waals surface area contributed by atoms with Gasteiger partial charge in [-0.3, -0.25) is 0 Å². The van der Waals surface area contributed by atoms with Gasteiger partial charge in [-0.2, -0.15) is 0 Å². The van der Waals surface area contributed by atoms with E-state index in [1.54, 1.807) is 6.08 Å². The molecule has 0 saturated carbocycles. The number of allylic oxidation sites excluding steroid dienone is 1. The first kappa shape index (κ1) is 28.8. The minimum Gasteiger partial charge on any atom is -0.494 e. The molecule has 0 unspecified atom stereocenters. The van der Waals surface area contributed by atoms with Gasteiger partial charge < -0.3 is 18.9 Å². The van der Waals surface area contributed by atoms with Crippen molar-refractivity contribution in [1.29, 1.82) is 0 Å². The van der Waals surface area contributed by atoms with Gasteiger partial charge in [0.05, 0.1) is 26.4 Å². The number of rotatable bonds is 20. The van der Waals surface area contributed by atoms with E-state index in [1.165, 1.54) is 6.08 Å². The Bertz CT molecular complexity index is 837. The molecule has 194 valence electrons. The fraction of sp³-hybridized carbons (Fsp3) is 0.387. The molecule has 0 saturated heterocycles. The van der Waals surface area contributed by atoms with E-state index in [0.717, 1.165) is 74.0 Å². The highest BCUT2D eigenvalue weighted by molar-refractivity contribution is 5.81. The van der Waals surface area contributed by atoms with E-state index in [4.69, 9.17) is 18.9 Å². The summed E-state index contributed by atoms with van der Waals surface area (Å²) in [5, 5.41) is 0. The van der Waals surface area contributed by atoms with Gasteiger partial charge >= 0.3 is 5.97 Å². The molecular weight excluding hydrogens is 452 g/mol. The van der Waals surface area contributed by atoms with Crippen molar-refractivity contribution >= 4 is 5.97 Å². The third-order valence-corrected chi connectivity index (χ3v) is 5.58. The predicted molar refractivity (Wildman–Crippen MR) is 146 cm³/mol. The van der Waals surface area contributed by atoms with Crippen molar-refractivity contribution in [2.45, 2.75) is 51.4 Å². The molecule has 0 aromatic heterocycles. The van der Waals surface area contributed by atoms with Gasteiger partial charge in [0.1, 0.15) is 17.3 Å². The van der Waals surface area contributed by atoms with Crippen molar-refractivity contribution < 1.29 is 23.7 Å². The standard InChI is InChI=1S/C31H40O5/c1-4-26(3)33-22-10-6-7-11-23-34-29-18-14-27(15-19-29)28-16-20-30(21-17-28)35-24-12-8-9-13-25-36-31(32)5-2/h4-5,14-21H,1-3,6-13,22-25H2. The van der Waals surface area contributed by atoms with Crippen LogP contribution in [0.4, 0.5) is 0 Å². The van der Waals surface area contributed by atoms with Crippen molar-refractivity contribution in [2.75, 3.05) is 26.4 Å². The minimum absolute atomic E-state index is 0.359. The van der Waals surface area contributed by atoms with E-state index < -0.39 is 0 Å². The zero-order valence-electron chi connectivity index (χ0n) is 21.4. The number of esters is 1. The van der Waals surface area contributed by atoms with Crippen LogP contribution >= 0.6 is 0 Å². The van der Waals surface area contributed by atoms with E-state index in [0.29, 0.717) is 32.2 Å². The maximum atomic E-state index is 11.0. The molecule has 2 rings (SSSR count). The number of hydrogen-bond acceptors (Lipinski definition) is 5. The van der Waals surface area contributed by atoms with E-state index in [9.17, 15) is 4.79 Å². The number of benzene rings is 2. The average molecular weight is 493 g/mol. The summed E-state index contributed by atoms with van der Waals surface area (Å²) < 4.78 is 22.1. The summed E-state index contributed by atoms with van der Waals surface area (Å²) in [5.41, 5.74) is 2.29. The number of unbranched alkanes of at least 4 members (excludes halogenated alkanes) is 6. The van der Waals surface area contributed by atoms with Crippen molar-refractivity contribution in [3.8, 4) is 22.6 Å². The lowest BCUT2D eigenvalue weighted by atomic mass is 10.1. The first-order chi connectivity index (χ1) is 17.6. The van der Waals surface area contributed by atoms with Gasteiger partial charge in [-0.25, -0.2) is 4.79 Å². The highest BCUT2D eigenvalue weighted by Gasteiger charge is 2.02. The minimum atomic E-state index is -0.359. The van der Waals surface area contributed by atoms with Crippen LogP contribution in [0.15, 0.2) is 86.2 Å². The van der Waals surface area contributed by atoms with Gasteiger partial charge in [-0.1, -0.05) is 44.0 Å². The highest BCUT2D eigenvalue weighted by atomic mass is 16.5. The SMILES string of the molecule is C=CC(=C)OCCCCCCOc1ccc(-c2ccc(OCCCCCCOC(=O)C=C)cc2)cc1. The Morgan fingerprint density at radius 2 is 1.00 bits per heavy atom. The number of hydrogen-bond donors (Lipinski definition) is 0. The van der Waals surface area contributed by atoms with E-state index in [-0.39, 0.29) is 5.97 Å². The predicted octanol–water partition coefficient (Wildman–Crippen LogP) is 7.68. The number of ether oxygens (including phenoxy) is 4. The summed E-state index contributed by atoms with van der Waals surface area (Å²) in [6.07, 6.45) is 11.0. The highest BCUT2D eigenvalue weighted by Crippen LogP contribution is 2.25. The molecule has 0 heterocycles. The Hall–Kier alpha value is -3.47. The molecule has 0 N–H and O–H groups in total. The third kappa shape index (κ3) is 12.3. The van der Waals surface area contributed by atoms with Crippen LogP contribution in [0.25, 0.3) is 11.1 Å². The van der Waals surface area contributed by atoms with Crippen LogP contribution in [-0.4, -0.2) is 32.4 Å². The molecule has 5 nitrogen and oxygen atoms in total. The summed E-state index contributed by atoms with van der Waals surface area (Å²) >= 11 is 0. The van der Waals surface area contributed by atoms with Gasteiger partial charge in [0, 0.05) is 6.08 Å². The normalized spacial score (nSPS) is 10.3. The molecule has 0 bridgehead atoms. The molecule has 2 aromatic rings. The van der Waals surface area contributed by atoms with Crippen molar-refractivity contribution in [2.24, 2.45) is 0 Å². The third-order valence-electron chi connectivity index (χ3n) is 5.58. The molecule has 0 atom stereocenters. The van der Waals surface area contributed by atoms with Gasteiger partial charge in [-0.15, -0.1) is 0 Å². The Kier molecular flexibility index (Phi) is 14.3. The summed E-state index contributed by atoms with van der Waals surface area (Å²) in [4.78, 5) is 11.0. The lowest BCUT2D eigenvalue weighted by Crippen LogP contribution is -2.02. The molecule has 0 aliphatic carbocycles. The molecule has 36 heavy (non-hydrogen) atoms. The smallest absolute Gasteiger partial charge is 0.330 e. The second kappa shape index (κ2) is 17.9. The molecule has 0 fully saturated rings. The maximum absolute atomic E-state index is 11.0. The maximum Gasteiger partial charge on any atom is 0.330 e. The molecular formula is C31H40O5. The molecule has 2 aromatic carbocycles. The van der Waals surface area contributed by atoms with Gasteiger partial charge in [0.15, 0.2) is 0 Å². The first-order valence-corrected chi connectivity index (χ1v) is 12.8. The molecule has 0 aliphatic heterocycles. The van der Waals surface area contributed by atoms with E-state index in [1.807, 2.05) is 24.3 Å². The molecule has 0 radical (unpaired) electrons. The Labute approximate surface area is 216 Å². The molecule has 0 amide bonds. The first-order valence-electron chi connectivity index (χ1n) is 12.8. The van der Waals surface area contributed by atoms with Crippen molar-refractivity contribution in [1.82, 2.24) is 0 Å². The fourth-order valence-electron chi connectivity index (χ4n) is 3.48. The quantitative estimate of drug-likeness (QED) is 0.0624. The Balaban J connectivity index is 1.57. The Morgan fingerprint density at radius 1 is 0.583 bits per heavy atom. The molecule has 0 spiro atoms. The summed E-state index contributed by atoms with van der Waals surface area (Å²) in [6.45, 7) is 13.3. The van der Waals surface area contributed by atoms with Crippen LogP contribution in [0.1, 0.15) is 51.4 Å². The van der Waals surface area contributed by atoms with E-state index >= 15 is 0 Å². The molecule has 5 heteroatoms. The van der Waals surface area contributed by atoms with Crippen molar-refractivity contribution in [3.63, 3.8) is 0 Å². The summed E-state index contributed by atoms with van der Waals surface area (Å²) in [6, 6.07) is 16.4. The molecule has 0 aliphatic rings. The lowest BCUT2D eigenvalue weighted by molar-refractivity contribution is -0.137.